The quantitative estimate of drug-likeness (QED) is 0.317. The molecular formula is C33H40ClN5O5. The zero-order valence-corrected chi connectivity index (χ0v) is 27.3. The van der Waals surface area contributed by atoms with Gasteiger partial charge in [-0.15, -0.1) is 5.10 Å². The lowest BCUT2D eigenvalue weighted by molar-refractivity contribution is -0.122. The van der Waals surface area contributed by atoms with E-state index in [0.717, 1.165) is 4.68 Å². The molecule has 1 aromatic heterocycles. The number of rotatable bonds is 4. The number of aromatic nitrogens is 2. The molecule has 1 fully saturated rings. The van der Waals surface area contributed by atoms with Gasteiger partial charge in [-0.05, 0) is 88.8 Å². The molecule has 1 atom stereocenters. The second-order valence-corrected chi connectivity index (χ2v) is 14.4. The number of ether oxygens (including phenoxy) is 2. The molecule has 3 aromatic rings. The third-order valence-corrected chi connectivity index (χ3v) is 7.68. The van der Waals surface area contributed by atoms with Crippen molar-refractivity contribution in [1.29, 1.82) is 5.26 Å². The molecule has 1 aliphatic rings. The van der Waals surface area contributed by atoms with Gasteiger partial charge >= 0.3 is 12.2 Å². The molecular weight excluding hydrogens is 582 g/mol. The number of benzene rings is 2. The van der Waals surface area contributed by atoms with Gasteiger partial charge in [-0.2, -0.15) is 9.94 Å². The van der Waals surface area contributed by atoms with Crippen LogP contribution in [0.15, 0.2) is 36.4 Å². The normalized spacial score (nSPS) is 16.7. The monoisotopic (exact) mass is 621 g/mol. The van der Waals surface area contributed by atoms with E-state index in [0.29, 0.717) is 45.5 Å². The van der Waals surface area contributed by atoms with Crippen molar-refractivity contribution in [2.75, 3.05) is 18.5 Å². The Labute approximate surface area is 263 Å². The third kappa shape index (κ3) is 7.51. The summed E-state index contributed by atoms with van der Waals surface area (Å²) in [5, 5.41) is 17.7. The summed E-state index contributed by atoms with van der Waals surface area (Å²) >= 11 is 6.49. The van der Waals surface area contributed by atoms with Crippen LogP contribution < -0.4 is 5.32 Å². The Kier molecular flexibility index (Phi) is 9.04. The van der Waals surface area contributed by atoms with Crippen molar-refractivity contribution in [1.82, 2.24) is 14.7 Å². The van der Waals surface area contributed by atoms with Gasteiger partial charge in [0, 0.05) is 28.1 Å². The Hall–Kier alpha value is -4.10. The number of nitriles is 1. The number of nitrogens with one attached hydrogen (secondary N) is 1. The van der Waals surface area contributed by atoms with Crippen molar-refractivity contribution in [3.05, 3.63) is 47.0 Å². The van der Waals surface area contributed by atoms with Gasteiger partial charge in [0.25, 0.3) is 0 Å². The van der Waals surface area contributed by atoms with Crippen LogP contribution in [-0.4, -0.2) is 57.1 Å². The second-order valence-electron chi connectivity index (χ2n) is 14.0. The number of carbonyl (C=O) groups excluding carboxylic acids is 3. The molecule has 1 saturated heterocycles. The van der Waals surface area contributed by atoms with E-state index >= 15 is 0 Å². The lowest BCUT2D eigenvalue weighted by atomic mass is 9.84. The molecule has 1 aliphatic heterocycles. The number of halogens is 1. The molecule has 11 heteroatoms. The molecule has 0 radical (unpaired) electrons. The summed E-state index contributed by atoms with van der Waals surface area (Å²) in [7, 11) is 0. The van der Waals surface area contributed by atoms with Crippen molar-refractivity contribution in [3.8, 4) is 17.2 Å². The first-order valence-electron chi connectivity index (χ1n) is 14.6. The molecule has 44 heavy (non-hydrogen) atoms. The number of likely N-dealkylation sites (tertiary alicyclic amines) is 1. The van der Waals surface area contributed by atoms with Gasteiger partial charge in [0.15, 0.2) is 5.82 Å². The van der Waals surface area contributed by atoms with Gasteiger partial charge in [-0.3, -0.25) is 4.79 Å². The van der Waals surface area contributed by atoms with E-state index in [9.17, 15) is 19.6 Å². The zero-order valence-electron chi connectivity index (χ0n) is 26.6. The average molecular weight is 622 g/mol. The van der Waals surface area contributed by atoms with Crippen molar-refractivity contribution in [2.45, 2.75) is 79.4 Å². The van der Waals surface area contributed by atoms with E-state index in [1.807, 2.05) is 34.6 Å². The standard InChI is InChI=1S/C33H40ClN5O5/c1-31(2,3)19-43-30(42)39-26-12-10-21(23-15-20(17-35)9-11-25(23)34)16-24(26)27(37-39)36-28(40)22-13-14-33(7,8)38(18-22)29(41)44-32(4,5)6/h9-12,15-16,22H,13-14,18-19H2,1-8H3,(H,36,37,40)/t22-/m1/s1. The highest BCUT2D eigenvalue weighted by molar-refractivity contribution is 6.33. The predicted molar refractivity (Wildman–Crippen MR) is 169 cm³/mol. The maximum Gasteiger partial charge on any atom is 0.435 e. The van der Waals surface area contributed by atoms with Crippen molar-refractivity contribution in [3.63, 3.8) is 0 Å². The van der Waals surface area contributed by atoms with Crippen LogP contribution in [-0.2, 0) is 14.3 Å². The minimum absolute atomic E-state index is 0.167. The first kappa shape index (κ1) is 32.8. The molecule has 4 rings (SSSR count). The highest BCUT2D eigenvalue weighted by Gasteiger charge is 2.41. The van der Waals surface area contributed by atoms with E-state index in [-0.39, 0.29) is 30.3 Å². The van der Waals surface area contributed by atoms with Gasteiger partial charge in [-0.1, -0.05) is 38.4 Å². The minimum atomic E-state index is -0.682. The van der Waals surface area contributed by atoms with Crippen molar-refractivity contribution >= 4 is 46.4 Å². The fourth-order valence-electron chi connectivity index (χ4n) is 4.97. The molecule has 2 aromatic carbocycles. The van der Waals surface area contributed by atoms with E-state index < -0.39 is 29.2 Å². The number of fused-ring (bicyclic) bond motifs is 1. The SMILES string of the molecule is CC(C)(C)COC(=O)n1nc(NC(=O)[C@@H]2CCC(C)(C)N(C(=O)OC(C)(C)C)C2)c2cc(-c3cc(C#N)ccc3Cl)ccc21. The highest BCUT2D eigenvalue weighted by atomic mass is 35.5. The summed E-state index contributed by atoms with van der Waals surface area (Å²) in [4.78, 5) is 41.5. The number of anilines is 1. The molecule has 10 nitrogen and oxygen atoms in total. The Balaban J connectivity index is 1.70. The lowest BCUT2D eigenvalue weighted by Gasteiger charge is -2.45. The lowest BCUT2D eigenvalue weighted by Crippen LogP contribution is -2.56. The number of amides is 2. The number of piperidine rings is 1. The first-order chi connectivity index (χ1) is 20.4. The minimum Gasteiger partial charge on any atom is -0.447 e. The molecule has 2 amide bonds. The number of hydrogen-bond acceptors (Lipinski definition) is 7. The van der Waals surface area contributed by atoms with Crippen LogP contribution in [0.25, 0.3) is 22.0 Å². The van der Waals surface area contributed by atoms with Crippen LogP contribution in [0.4, 0.5) is 15.4 Å². The molecule has 0 spiro atoms. The smallest absolute Gasteiger partial charge is 0.435 e. The summed E-state index contributed by atoms with van der Waals surface area (Å²) in [6.07, 6.45) is -0.0152. The molecule has 234 valence electrons. The summed E-state index contributed by atoms with van der Waals surface area (Å²) < 4.78 is 12.3. The van der Waals surface area contributed by atoms with Crippen LogP contribution in [0.2, 0.25) is 5.02 Å². The second kappa shape index (κ2) is 12.1. The van der Waals surface area contributed by atoms with Gasteiger partial charge in [0.2, 0.25) is 5.91 Å². The Morgan fingerprint density at radius 3 is 2.43 bits per heavy atom. The number of hydrogen-bond donors (Lipinski definition) is 1. The van der Waals surface area contributed by atoms with Crippen LogP contribution >= 0.6 is 11.6 Å². The number of nitrogens with zero attached hydrogens (tertiary/aromatic N) is 4. The van der Waals surface area contributed by atoms with Crippen molar-refractivity contribution < 1.29 is 23.9 Å². The molecule has 0 unspecified atom stereocenters. The fraction of sp³-hybridized carbons (Fsp3) is 0.485. The van der Waals surface area contributed by atoms with E-state index in [1.165, 1.54) is 0 Å². The maximum atomic E-state index is 13.7. The summed E-state index contributed by atoms with van der Waals surface area (Å²) in [5.74, 6) is -0.701. The maximum absolute atomic E-state index is 13.7. The predicted octanol–water partition coefficient (Wildman–Crippen LogP) is 7.62. The molecule has 0 saturated carbocycles. The Bertz CT molecular complexity index is 1640. The summed E-state index contributed by atoms with van der Waals surface area (Å²) in [6.45, 7) is 15.5. The van der Waals surface area contributed by atoms with Crippen LogP contribution in [0.5, 0.6) is 0 Å². The molecule has 0 aliphatic carbocycles. The molecule has 1 N–H and O–H groups in total. The highest BCUT2D eigenvalue weighted by Crippen LogP contribution is 2.36. The van der Waals surface area contributed by atoms with Crippen LogP contribution in [0, 0.1) is 22.7 Å². The van der Waals surface area contributed by atoms with Gasteiger partial charge in [0.1, 0.15) is 5.60 Å². The van der Waals surface area contributed by atoms with E-state index in [4.69, 9.17) is 21.1 Å². The largest absolute Gasteiger partial charge is 0.447 e. The van der Waals surface area contributed by atoms with E-state index in [1.54, 1.807) is 62.1 Å². The summed E-state index contributed by atoms with van der Waals surface area (Å²) in [6, 6.07) is 12.3. The van der Waals surface area contributed by atoms with Gasteiger partial charge in [0.05, 0.1) is 29.7 Å². The van der Waals surface area contributed by atoms with Gasteiger partial charge in [-0.25, -0.2) is 9.59 Å². The Morgan fingerprint density at radius 1 is 1.09 bits per heavy atom. The Morgan fingerprint density at radius 2 is 1.80 bits per heavy atom. The molecule has 0 bridgehead atoms. The average Bonchev–Trinajstić information content (AvgIpc) is 3.27. The topological polar surface area (TPSA) is 127 Å². The van der Waals surface area contributed by atoms with Crippen LogP contribution in [0.1, 0.15) is 73.8 Å². The van der Waals surface area contributed by atoms with Gasteiger partial charge < -0.3 is 19.7 Å². The van der Waals surface area contributed by atoms with Crippen molar-refractivity contribution in [2.24, 2.45) is 11.3 Å². The third-order valence-electron chi connectivity index (χ3n) is 7.35. The zero-order chi connectivity index (χ0) is 32.6. The molecule has 2 heterocycles. The summed E-state index contributed by atoms with van der Waals surface area (Å²) in [5.41, 5.74) is 0.730. The van der Waals surface area contributed by atoms with Crippen LogP contribution in [0.3, 0.4) is 0 Å². The van der Waals surface area contributed by atoms with E-state index in [2.05, 4.69) is 16.5 Å². The number of carbonyl (C=O) groups is 3. The first-order valence-corrected chi connectivity index (χ1v) is 15.0. The fourth-order valence-corrected chi connectivity index (χ4v) is 5.19.